The van der Waals surface area contributed by atoms with E-state index < -0.39 is 0 Å². The fraction of sp³-hybridized carbons (Fsp3) is 0.0714. The van der Waals surface area contributed by atoms with Gasteiger partial charge in [-0.05, 0) is 139 Å². The van der Waals surface area contributed by atoms with Crippen molar-refractivity contribution in [3.8, 4) is 44.5 Å². The Bertz CT molecular complexity index is 2810. The molecule has 0 bridgehead atoms. The second-order valence-electron chi connectivity index (χ2n) is 15.3. The average molecular weight is 730 g/mol. The van der Waals surface area contributed by atoms with Gasteiger partial charge >= 0.3 is 0 Å². The Kier molecular flexibility index (Phi) is 9.05. The Morgan fingerprint density at radius 1 is 0.386 bits per heavy atom. The maximum atomic E-state index is 2.43. The van der Waals surface area contributed by atoms with Crippen LogP contribution in [0.4, 0.5) is 17.1 Å². The van der Waals surface area contributed by atoms with Gasteiger partial charge in [0.25, 0.3) is 0 Å². The fourth-order valence-corrected chi connectivity index (χ4v) is 9.03. The van der Waals surface area contributed by atoms with E-state index in [9.17, 15) is 0 Å². The lowest BCUT2D eigenvalue weighted by Gasteiger charge is -2.26. The Hall–Kier alpha value is -6.96. The van der Waals surface area contributed by atoms with Crippen molar-refractivity contribution in [2.24, 2.45) is 0 Å². The van der Waals surface area contributed by atoms with Gasteiger partial charge in [-0.3, -0.25) is 0 Å². The van der Waals surface area contributed by atoms with Crippen LogP contribution in [0.1, 0.15) is 35.4 Å². The molecule has 0 radical (unpaired) electrons. The molecule has 0 spiro atoms. The summed E-state index contributed by atoms with van der Waals surface area (Å²) in [5, 5.41) is 2.51. The number of anilines is 3. The summed E-state index contributed by atoms with van der Waals surface area (Å²) in [5.41, 5.74) is 17.7. The van der Waals surface area contributed by atoms with Gasteiger partial charge in [0.15, 0.2) is 0 Å². The van der Waals surface area contributed by atoms with E-state index in [1.807, 2.05) is 0 Å². The molecule has 0 fully saturated rings. The number of nitrogens with zero attached hydrogens (tertiary/aromatic N) is 1. The van der Waals surface area contributed by atoms with Gasteiger partial charge in [-0.2, -0.15) is 0 Å². The minimum absolute atomic E-state index is 0.394. The Morgan fingerprint density at radius 3 is 1.63 bits per heavy atom. The highest BCUT2D eigenvalue weighted by molar-refractivity contribution is 5.98. The molecule has 0 amide bonds. The highest BCUT2D eigenvalue weighted by atomic mass is 15.1. The summed E-state index contributed by atoms with van der Waals surface area (Å²) < 4.78 is 0. The van der Waals surface area contributed by atoms with Crippen LogP contribution in [0.2, 0.25) is 0 Å². The molecular formula is C56H43N. The Morgan fingerprint density at radius 2 is 0.930 bits per heavy atom. The van der Waals surface area contributed by atoms with Gasteiger partial charge in [0.2, 0.25) is 0 Å². The number of benzene rings is 9. The van der Waals surface area contributed by atoms with E-state index in [1.165, 1.54) is 72.0 Å². The second-order valence-corrected chi connectivity index (χ2v) is 15.3. The van der Waals surface area contributed by atoms with Gasteiger partial charge in [-0.1, -0.05) is 177 Å². The van der Waals surface area contributed by atoms with Crippen molar-refractivity contribution in [2.75, 3.05) is 4.90 Å². The molecule has 0 aliphatic heterocycles. The molecule has 2 atom stereocenters. The van der Waals surface area contributed by atoms with Crippen LogP contribution >= 0.6 is 0 Å². The van der Waals surface area contributed by atoms with E-state index in [1.54, 1.807) is 0 Å². The van der Waals surface area contributed by atoms with Gasteiger partial charge in [-0.15, -0.1) is 0 Å². The Balaban J connectivity index is 0.968. The van der Waals surface area contributed by atoms with Crippen molar-refractivity contribution in [3.63, 3.8) is 0 Å². The first-order chi connectivity index (χ1) is 28.2. The number of para-hydroxylation sites is 1. The van der Waals surface area contributed by atoms with Gasteiger partial charge in [0.05, 0.1) is 0 Å². The quantitative estimate of drug-likeness (QED) is 0.158. The van der Waals surface area contributed by atoms with Crippen LogP contribution in [0.3, 0.4) is 0 Å². The lowest BCUT2D eigenvalue weighted by Crippen LogP contribution is -2.10. The molecule has 1 aliphatic rings. The van der Waals surface area contributed by atoms with Crippen molar-refractivity contribution in [1.82, 2.24) is 0 Å². The molecule has 57 heavy (non-hydrogen) atoms. The summed E-state index contributed by atoms with van der Waals surface area (Å²) in [6, 6.07) is 80.0. The molecule has 272 valence electrons. The molecule has 10 rings (SSSR count). The number of rotatable bonds is 7. The Labute approximate surface area is 336 Å². The number of fused-ring (bicyclic) bond motifs is 4. The first kappa shape index (κ1) is 34.5. The first-order valence-corrected chi connectivity index (χ1v) is 20.1. The van der Waals surface area contributed by atoms with Crippen LogP contribution in [0, 0.1) is 0 Å². The molecule has 1 aliphatic carbocycles. The molecule has 0 saturated heterocycles. The summed E-state index contributed by atoms with van der Waals surface area (Å²) in [4.78, 5) is 2.35. The monoisotopic (exact) mass is 729 g/mol. The third-order valence-electron chi connectivity index (χ3n) is 12.0. The lowest BCUT2D eigenvalue weighted by molar-refractivity contribution is 0.579. The van der Waals surface area contributed by atoms with Crippen LogP contribution < -0.4 is 4.90 Å². The molecule has 0 saturated carbocycles. The van der Waals surface area contributed by atoms with E-state index in [4.69, 9.17) is 0 Å². The topological polar surface area (TPSA) is 3.24 Å². The van der Waals surface area contributed by atoms with E-state index in [2.05, 4.69) is 230 Å². The third kappa shape index (κ3) is 6.62. The molecule has 1 nitrogen and oxygen atoms in total. The number of hydrogen-bond donors (Lipinski definition) is 0. The predicted molar refractivity (Wildman–Crippen MR) is 242 cm³/mol. The number of hydrogen-bond acceptors (Lipinski definition) is 1. The van der Waals surface area contributed by atoms with Gasteiger partial charge in [0.1, 0.15) is 0 Å². The molecule has 9 aromatic rings. The summed E-state index contributed by atoms with van der Waals surface area (Å²) in [5.74, 6) is 0.822. The minimum Gasteiger partial charge on any atom is -0.311 e. The summed E-state index contributed by atoms with van der Waals surface area (Å²) in [6.07, 6.45) is 1.04. The molecular weight excluding hydrogens is 687 g/mol. The zero-order valence-electron chi connectivity index (χ0n) is 32.1. The van der Waals surface area contributed by atoms with Gasteiger partial charge in [-0.25, -0.2) is 0 Å². The van der Waals surface area contributed by atoms with Crippen LogP contribution in [0.15, 0.2) is 218 Å². The highest BCUT2D eigenvalue weighted by Crippen LogP contribution is 2.46. The average Bonchev–Trinajstić information content (AvgIpc) is 3.41. The molecule has 9 aromatic carbocycles. The maximum absolute atomic E-state index is 2.43. The smallest absolute Gasteiger partial charge is 0.0462 e. The fourth-order valence-electron chi connectivity index (χ4n) is 9.03. The third-order valence-corrected chi connectivity index (χ3v) is 12.0. The molecule has 0 N–H and O–H groups in total. The SMILES string of the molecule is C[C@H]1c2ccc(-c3ccc(N(c4ccccc4)c4ccc(-c5ccc6c(-c7ccccc7)cccc6c5)cc4)cc3)cc2-c2ccccc2CC1c1ccccc1. The minimum atomic E-state index is 0.394. The maximum Gasteiger partial charge on any atom is 0.0462 e. The molecule has 1 heteroatoms. The largest absolute Gasteiger partial charge is 0.311 e. The van der Waals surface area contributed by atoms with Crippen molar-refractivity contribution < 1.29 is 0 Å². The van der Waals surface area contributed by atoms with E-state index in [-0.39, 0.29) is 0 Å². The second kappa shape index (κ2) is 14.9. The van der Waals surface area contributed by atoms with Crippen molar-refractivity contribution in [2.45, 2.75) is 25.2 Å². The molecule has 0 heterocycles. The lowest BCUT2D eigenvalue weighted by atomic mass is 9.80. The summed E-state index contributed by atoms with van der Waals surface area (Å²) in [6.45, 7) is 2.41. The highest BCUT2D eigenvalue weighted by Gasteiger charge is 2.29. The van der Waals surface area contributed by atoms with E-state index >= 15 is 0 Å². The predicted octanol–water partition coefficient (Wildman–Crippen LogP) is 15.4. The van der Waals surface area contributed by atoms with E-state index in [0.29, 0.717) is 11.8 Å². The molecule has 1 unspecified atom stereocenters. The molecule has 0 aromatic heterocycles. The van der Waals surface area contributed by atoms with Crippen molar-refractivity contribution in [3.05, 3.63) is 235 Å². The zero-order valence-corrected chi connectivity index (χ0v) is 32.1. The van der Waals surface area contributed by atoms with E-state index in [0.717, 1.165) is 23.5 Å². The normalized spacial score (nSPS) is 14.7. The van der Waals surface area contributed by atoms with Crippen molar-refractivity contribution in [1.29, 1.82) is 0 Å². The zero-order chi connectivity index (χ0) is 38.1. The standard InChI is InChI=1S/C56H43N/c1-39-51-34-28-45(37-56(51)53-22-12-11-18-47(53)38-55(39)43-16-7-3-8-17-43)41-26-32-50(33-27-41)57(48-20-9-4-10-21-48)49-30-24-40(25-31-49)44-29-35-54-46(36-44)19-13-23-52(54)42-14-5-2-6-15-42/h2-37,39,55H,38H2,1H3/t39-,55?/m0/s1. The first-order valence-electron chi connectivity index (χ1n) is 20.1. The van der Waals surface area contributed by atoms with Crippen LogP contribution in [0.5, 0.6) is 0 Å². The summed E-state index contributed by atoms with van der Waals surface area (Å²) in [7, 11) is 0. The van der Waals surface area contributed by atoms with Gasteiger partial charge < -0.3 is 4.90 Å². The van der Waals surface area contributed by atoms with Crippen molar-refractivity contribution >= 4 is 27.8 Å². The summed E-state index contributed by atoms with van der Waals surface area (Å²) >= 11 is 0. The van der Waals surface area contributed by atoms with Crippen LogP contribution in [0.25, 0.3) is 55.3 Å². The van der Waals surface area contributed by atoms with Crippen LogP contribution in [-0.2, 0) is 6.42 Å². The van der Waals surface area contributed by atoms with Gasteiger partial charge in [0, 0.05) is 17.1 Å². The van der Waals surface area contributed by atoms with Crippen LogP contribution in [-0.4, -0.2) is 0 Å².